The topological polar surface area (TPSA) is 100 Å². The molecule has 1 aliphatic heterocycles. The maximum Gasteiger partial charge on any atom is 0.410 e. The highest BCUT2D eigenvalue weighted by atomic mass is 79.9. The molecule has 11 heteroatoms. The lowest BCUT2D eigenvalue weighted by Gasteiger charge is -2.38. The number of nitrogens with zero attached hydrogens (tertiary/aromatic N) is 2. The summed E-state index contributed by atoms with van der Waals surface area (Å²) in [6, 6.07) is 30.1. The summed E-state index contributed by atoms with van der Waals surface area (Å²) in [5.41, 5.74) is 6.38. The number of rotatable bonds is 18. The van der Waals surface area contributed by atoms with E-state index in [2.05, 4.69) is 63.2 Å². The van der Waals surface area contributed by atoms with Crippen LogP contribution in [-0.4, -0.2) is 67.5 Å². The van der Waals surface area contributed by atoms with Crippen molar-refractivity contribution in [3.8, 4) is 11.5 Å². The first-order valence-corrected chi connectivity index (χ1v) is 20.7. The van der Waals surface area contributed by atoms with Crippen LogP contribution in [0.2, 0.25) is 0 Å². The molecule has 57 heavy (non-hydrogen) atoms. The zero-order valence-corrected chi connectivity index (χ0v) is 34.4. The third-order valence-corrected chi connectivity index (χ3v) is 11.7. The molecule has 2 heterocycles. The van der Waals surface area contributed by atoms with Crippen LogP contribution in [0.3, 0.4) is 0 Å². The van der Waals surface area contributed by atoms with E-state index in [0.29, 0.717) is 52.6 Å². The van der Waals surface area contributed by atoms with E-state index in [4.69, 9.17) is 23.7 Å². The molecule has 1 saturated carbocycles. The lowest BCUT2D eigenvalue weighted by Crippen LogP contribution is -2.47. The fraction of sp³-hybridized carbons (Fsp3) is 0.391. The van der Waals surface area contributed by atoms with E-state index in [-0.39, 0.29) is 36.5 Å². The molecule has 2 unspecified atom stereocenters. The van der Waals surface area contributed by atoms with Gasteiger partial charge in [-0.05, 0) is 82.6 Å². The molecular weight excluding hydrogens is 786 g/mol. The van der Waals surface area contributed by atoms with Crippen molar-refractivity contribution in [2.45, 2.75) is 71.0 Å². The Morgan fingerprint density at radius 2 is 1.65 bits per heavy atom. The van der Waals surface area contributed by atoms with Gasteiger partial charge in [0, 0.05) is 59.5 Å². The molecular formula is C46H52BrN3O7. The third kappa shape index (κ3) is 10.6. The molecule has 1 N–H and O–H groups in total. The number of likely N-dealkylation sites (tertiary alicyclic amines) is 1. The fourth-order valence-electron chi connectivity index (χ4n) is 7.46. The van der Waals surface area contributed by atoms with Crippen LogP contribution >= 0.6 is 15.9 Å². The van der Waals surface area contributed by atoms with E-state index >= 15 is 0 Å². The number of methoxy groups -OCH3 is 1. The Labute approximate surface area is 343 Å². The van der Waals surface area contributed by atoms with Crippen molar-refractivity contribution in [2.24, 2.45) is 5.92 Å². The molecule has 0 spiro atoms. The van der Waals surface area contributed by atoms with Crippen molar-refractivity contribution >= 4 is 38.8 Å². The van der Waals surface area contributed by atoms with Gasteiger partial charge in [0.15, 0.2) is 0 Å². The fourth-order valence-corrected chi connectivity index (χ4v) is 8.14. The number of carbonyl (C=O) groups is 2. The van der Waals surface area contributed by atoms with E-state index in [1.54, 1.807) is 12.0 Å². The number of aromatic nitrogens is 1. The lowest BCUT2D eigenvalue weighted by atomic mass is 9.87. The lowest BCUT2D eigenvalue weighted by molar-refractivity contribution is -0.122. The molecule has 7 rings (SSSR count). The first-order chi connectivity index (χ1) is 27.9. The van der Waals surface area contributed by atoms with Crippen molar-refractivity contribution in [2.75, 3.05) is 40.0 Å². The normalized spacial score (nSPS) is 16.7. The van der Waals surface area contributed by atoms with E-state index in [1.807, 2.05) is 66.7 Å². The van der Waals surface area contributed by atoms with Crippen LogP contribution in [0.25, 0.3) is 10.9 Å². The maximum atomic E-state index is 13.3. The van der Waals surface area contributed by atoms with Crippen molar-refractivity contribution < 1.29 is 33.3 Å². The maximum absolute atomic E-state index is 13.3. The summed E-state index contributed by atoms with van der Waals surface area (Å²) in [7, 11) is 1.67. The highest BCUT2D eigenvalue weighted by Crippen LogP contribution is 2.36. The zero-order valence-electron chi connectivity index (χ0n) is 32.8. The molecule has 2 amide bonds. The van der Waals surface area contributed by atoms with Gasteiger partial charge in [-0.25, -0.2) is 4.79 Å². The summed E-state index contributed by atoms with van der Waals surface area (Å²) >= 11 is 3.92. The standard InChI is InChI=1S/C46H52BrN3O7/c1-32-27-49(24-22-48-45(51)35-13-14-35)44-39(32)20-17-37(43(44)47)31-56-42-28-50(46(52)57-29-33-9-4-3-5-10-33)23-21-40(42)34-15-18-38(19-16-34)55-26-8-25-54-30-36-11-6-7-12-41(36)53-2/h3-7,9-12,15-20,27,35,40,42H,8,13-14,21-26,28-31H2,1-2H3,(H,48,51). The summed E-state index contributed by atoms with van der Waals surface area (Å²) in [4.78, 5) is 27.4. The van der Waals surface area contributed by atoms with E-state index in [0.717, 1.165) is 74.8 Å². The molecule has 2 aliphatic rings. The zero-order chi connectivity index (χ0) is 39.6. The van der Waals surface area contributed by atoms with Crippen molar-refractivity contribution in [3.63, 3.8) is 0 Å². The summed E-state index contributed by atoms with van der Waals surface area (Å²) in [6.07, 6.45) is 4.99. The van der Waals surface area contributed by atoms with Gasteiger partial charge in [0.25, 0.3) is 0 Å². The van der Waals surface area contributed by atoms with Gasteiger partial charge in [0.2, 0.25) is 5.91 Å². The minimum absolute atomic E-state index is 0.0595. The number of hydrogen-bond acceptors (Lipinski definition) is 7. The van der Waals surface area contributed by atoms with Crippen molar-refractivity contribution in [1.29, 1.82) is 0 Å². The number of aryl methyl sites for hydroxylation is 1. The van der Waals surface area contributed by atoms with E-state index in [1.165, 1.54) is 5.56 Å². The largest absolute Gasteiger partial charge is 0.496 e. The SMILES string of the molecule is COc1ccccc1COCCCOc1ccc(C2CCN(C(=O)OCc3ccccc3)CC2OCc2ccc3c(C)cn(CCNC(=O)C4CC4)c3c2Br)cc1. The number of hydrogen-bond donors (Lipinski definition) is 1. The number of ether oxygens (including phenoxy) is 5. The van der Waals surface area contributed by atoms with Crippen LogP contribution in [0, 0.1) is 12.8 Å². The van der Waals surface area contributed by atoms with Crippen LogP contribution in [0.5, 0.6) is 11.5 Å². The number of fused-ring (bicyclic) bond motifs is 1. The second-order valence-corrected chi connectivity index (χ2v) is 15.7. The molecule has 0 radical (unpaired) electrons. The van der Waals surface area contributed by atoms with Crippen molar-refractivity contribution in [1.82, 2.24) is 14.8 Å². The van der Waals surface area contributed by atoms with Gasteiger partial charge in [-0.3, -0.25) is 4.79 Å². The Balaban J connectivity index is 0.989. The molecule has 4 aromatic carbocycles. The van der Waals surface area contributed by atoms with Gasteiger partial charge in [-0.1, -0.05) is 72.8 Å². The highest BCUT2D eigenvalue weighted by molar-refractivity contribution is 9.10. The first kappa shape index (κ1) is 40.4. The number of halogens is 1. The second-order valence-electron chi connectivity index (χ2n) is 14.9. The minimum Gasteiger partial charge on any atom is -0.496 e. The summed E-state index contributed by atoms with van der Waals surface area (Å²) < 4.78 is 33.0. The van der Waals surface area contributed by atoms with E-state index in [9.17, 15) is 9.59 Å². The number of benzene rings is 4. The average molecular weight is 839 g/mol. The molecule has 2 fully saturated rings. The smallest absolute Gasteiger partial charge is 0.410 e. The number of carbonyl (C=O) groups excluding carboxylic acids is 2. The van der Waals surface area contributed by atoms with Gasteiger partial charge >= 0.3 is 6.09 Å². The number of nitrogens with one attached hydrogen (secondary N) is 1. The third-order valence-electron chi connectivity index (χ3n) is 10.8. The predicted octanol–water partition coefficient (Wildman–Crippen LogP) is 8.94. The van der Waals surface area contributed by atoms with Crippen LogP contribution < -0.4 is 14.8 Å². The molecule has 10 nitrogen and oxygen atoms in total. The Hall–Kier alpha value is -4.84. The Bertz CT molecular complexity index is 2100. The van der Waals surface area contributed by atoms with E-state index < -0.39 is 0 Å². The number of para-hydroxylation sites is 1. The molecule has 2 atom stereocenters. The van der Waals surface area contributed by atoms with Gasteiger partial charge in [0.05, 0.1) is 51.7 Å². The molecule has 5 aromatic rings. The predicted molar refractivity (Wildman–Crippen MR) is 223 cm³/mol. The summed E-state index contributed by atoms with van der Waals surface area (Å²) in [6.45, 7) is 6.51. The molecule has 1 saturated heterocycles. The summed E-state index contributed by atoms with van der Waals surface area (Å²) in [5.74, 6) is 2.02. The van der Waals surface area contributed by atoms with Gasteiger partial charge in [-0.2, -0.15) is 0 Å². The minimum atomic E-state index is -0.341. The monoisotopic (exact) mass is 837 g/mol. The molecule has 0 bridgehead atoms. The molecule has 1 aliphatic carbocycles. The number of piperidine rings is 1. The first-order valence-electron chi connectivity index (χ1n) is 19.9. The van der Waals surface area contributed by atoms with Crippen LogP contribution in [-0.2, 0) is 45.4 Å². The number of amides is 2. The quantitative estimate of drug-likeness (QED) is 0.0881. The molecule has 300 valence electrons. The average Bonchev–Trinajstić information content (AvgIpc) is 4.05. The van der Waals surface area contributed by atoms with Gasteiger partial charge < -0.3 is 38.5 Å². The Kier molecular flexibility index (Phi) is 13.8. The Morgan fingerprint density at radius 3 is 2.44 bits per heavy atom. The molecule has 1 aromatic heterocycles. The second kappa shape index (κ2) is 19.5. The van der Waals surface area contributed by atoms with Crippen LogP contribution in [0.1, 0.15) is 59.4 Å². The highest BCUT2D eigenvalue weighted by Gasteiger charge is 2.34. The van der Waals surface area contributed by atoms with Gasteiger partial charge in [-0.15, -0.1) is 0 Å². The Morgan fingerprint density at radius 1 is 0.860 bits per heavy atom. The summed E-state index contributed by atoms with van der Waals surface area (Å²) in [5, 5.41) is 4.25. The van der Waals surface area contributed by atoms with Gasteiger partial charge in [0.1, 0.15) is 18.1 Å². The van der Waals surface area contributed by atoms with Crippen LogP contribution in [0.15, 0.2) is 102 Å². The van der Waals surface area contributed by atoms with Crippen LogP contribution in [0.4, 0.5) is 4.79 Å². The van der Waals surface area contributed by atoms with Crippen molar-refractivity contribution in [3.05, 3.63) is 129 Å².